The normalized spacial score (nSPS) is 25.5. The molecule has 2 saturated heterocycles. The summed E-state index contributed by atoms with van der Waals surface area (Å²) in [4.78, 5) is 15.6. The Hall–Kier alpha value is -0.610. The number of hydrogen-bond donors (Lipinski definition) is 1. The van der Waals surface area contributed by atoms with Gasteiger partial charge < -0.3 is 14.9 Å². The molecule has 2 rings (SSSR count). The fraction of sp³-hybridized carbons (Fsp3) is 0.889. The minimum Gasteiger partial charge on any atom is -0.389 e. The molecule has 0 saturated carbocycles. The molecule has 0 aromatic heterocycles. The Balaban J connectivity index is 1.74. The van der Waals surface area contributed by atoms with E-state index in [1.54, 1.807) is 4.90 Å². The third kappa shape index (κ3) is 1.56. The molecule has 4 nitrogen and oxygen atoms in total. The zero-order chi connectivity index (χ0) is 9.42. The predicted molar refractivity (Wildman–Crippen MR) is 48.2 cm³/mol. The zero-order valence-electron chi connectivity index (χ0n) is 7.94. The van der Waals surface area contributed by atoms with Crippen molar-refractivity contribution < 1.29 is 9.90 Å². The minimum atomic E-state index is -0.272. The lowest BCUT2D eigenvalue weighted by Gasteiger charge is -2.44. The first kappa shape index (κ1) is 8.97. The van der Waals surface area contributed by atoms with E-state index in [0.29, 0.717) is 13.1 Å². The van der Waals surface area contributed by atoms with Crippen molar-refractivity contribution in [3.63, 3.8) is 0 Å². The van der Waals surface area contributed by atoms with Gasteiger partial charge in [-0.15, -0.1) is 0 Å². The van der Waals surface area contributed by atoms with Gasteiger partial charge >= 0.3 is 0 Å². The van der Waals surface area contributed by atoms with Crippen LogP contribution in [0.2, 0.25) is 0 Å². The molecule has 0 spiro atoms. The first-order valence-electron chi connectivity index (χ1n) is 4.90. The van der Waals surface area contributed by atoms with E-state index in [-0.39, 0.29) is 17.9 Å². The van der Waals surface area contributed by atoms with Crippen LogP contribution in [0.5, 0.6) is 0 Å². The van der Waals surface area contributed by atoms with E-state index in [0.717, 1.165) is 19.6 Å². The van der Waals surface area contributed by atoms with Crippen molar-refractivity contribution >= 4 is 5.91 Å². The molecule has 13 heavy (non-hydrogen) atoms. The smallest absolute Gasteiger partial charge is 0.228 e. The van der Waals surface area contributed by atoms with Gasteiger partial charge in [0.05, 0.1) is 12.0 Å². The Morgan fingerprint density at radius 1 is 1.38 bits per heavy atom. The fourth-order valence-corrected chi connectivity index (χ4v) is 1.88. The van der Waals surface area contributed by atoms with Crippen LogP contribution in [0.25, 0.3) is 0 Å². The number of aliphatic hydroxyl groups is 1. The first-order chi connectivity index (χ1) is 6.20. The summed E-state index contributed by atoms with van der Waals surface area (Å²) >= 11 is 0. The van der Waals surface area contributed by atoms with Crippen LogP contribution in [-0.4, -0.2) is 59.6 Å². The molecule has 2 aliphatic rings. The molecule has 2 aliphatic heterocycles. The number of nitrogens with zero attached hydrogens (tertiary/aromatic N) is 2. The Bertz CT molecular complexity index is 208. The van der Waals surface area contributed by atoms with Crippen LogP contribution in [0.15, 0.2) is 0 Å². The summed E-state index contributed by atoms with van der Waals surface area (Å²) in [6, 6.07) is 0. The quantitative estimate of drug-likeness (QED) is 0.607. The van der Waals surface area contributed by atoms with Gasteiger partial charge in [-0.05, 0) is 6.54 Å². The summed E-state index contributed by atoms with van der Waals surface area (Å²) in [6.45, 7) is 6.03. The summed E-state index contributed by atoms with van der Waals surface area (Å²) in [5, 5.41) is 9.03. The van der Waals surface area contributed by atoms with E-state index in [2.05, 4.69) is 11.8 Å². The van der Waals surface area contributed by atoms with Crippen LogP contribution in [0.4, 0.5) is 0 Å². The molecule has 1 amide bonds. The molecule has 2 fully saturated rings. The summed E-state index contributed by atoms with van der Waals surface area (Å²) < 4.78 is 0. The van der Waals surface area contributed by atoms with Crippen LogP contribution in [0.1, 0.15) is 6.92 Å². The number of β-amino-alcohol motifs (C(OH)–C–C–N with tert-alkyl or cyclic N) is 1. The molecule has 4 heteroatoms. The summed E-state index contributed by atoms with van der Waals surface area (Å²) in [5.74, 6) is 0.433. The summed E-state index contributed by atoms with van der Waals surface area (Å²) in [6.07, 6.45) is -0.272. The highest BCUT2D eigenvalue weighted by Crippen LogP contribution is 2.20. The van der Waals surface area contributed by atoms with Gasteiger partial charge in [-0.3, -0.25) is 4.79 Å². The molecule has 1 N–H and O–H groups in total. The Morgan fingerprint density at radius 3 is 2.46 bits per heavy atom. The van der Waals surface area contributed by atoms with Gasteiger partial charge in [0, 0.05) is 26.2 Å². The Morgan fingerprint density at radius 2 is 2.00 bits per heavy atom. The maximum absolute atomic E-state index is 11.6. The SMILES string of the molecule is CCN1CC(C(=O)N2CC(O)C2)C1. The lowest BCUT2D eigenvalue weighted by Crippen LogP contribution is -2.61. The Labute approximate surface area is 78.1 Å². The van der Waals surface area contributed by atoms with Gasteiger partial charge in [-0.2, -0.15) is 0 Å². The largest absolute Gasteiger partial charge is 0.389 e. The van der Waals surface area contributed by atoms with Crippen molar-refractivity contribution in [2.24, 2.45) is 5.92 Å². The van der Waals surface area contributed by atoms with E-state index in [1.165, 1.54) is 0 Å². The lowest BCUT2D eigenvalue weighted by atomic mass is 9.96. The van der Waals surface area contributed by atoms with Crippen LogP contribution in [0, 0.1) is 5.92 Å². The molecular weight excluding hydrogens is 168 g/mol. The van der Waals surface area contributed by atoms with Crippen LogP contribution in [-0.2, 0) is 4.79 Å². The number of amides is 1. The van der Waals surface area contributed by atoms with E-state index in [1.807, 2.05) is 0 Å². The third-order valence-corrected chi connectivity index (χ3v) is 2.93. The summed E-state index contributed by atoms with van der Waals surface area (Å²) in [5.41, 5.74) is 0. The minimum absolute atomic E-state index is 0.201. The van der Waals surface area contributed by atoms with Gasteiger partial charge in [0.2, 0.25) is 5.91 Å². The monoisotopic (exact) mass is 184 g/mol. The number of hydrogen-bond acceptors (Lipinski definition) is 3. The van der Waals surface area contributed by atoms with Gasteiger partial charge in [-0.1, -0.05) is 6.92 Å². The maximum atomic E-state index is 11.6. The zero-order valence-corrected chi connectivity index (χ0v) is 7.94. The van der Waals surface area contributed by atoms with E-state index in [9.17, 15) is 4.79 Å². The van der Waals surface area contributed by atoms with Gasteiger partial charge in [0.1, 0.15) is 0 Å². The number of likely N-dealkylation sites (tertiary alicyclic amines) is 2. The molecular formula is C9H16N2O2. The fourth-order valence-electron chi connectivity index (χ4n) is 1.88. The van der Waals surface area contributed by atoms with E-state index < -0.39 is 0 Å². The molecule has 74 valence electrons. The number of carbonyl (C=O) groups excluding carboxylic acids is 1. The highest BCUT2D eigenvalue weighted by atomic mass is 16.3. The molecule has 0 aromatic rings. The highest BCUT2D eigenvalue weighted by molar-refractivity contribution is 5.81. The lowest BCUT2D eigenvalue weighted by molar-refractivity contribution is -0.151. The molecule has 2 heterocycles. The number of aliphatic hydroxyl groups excluding tert-OH is 1. The molecule has 0 aliphatic carbocycles. The van der Waals surface area contributed by atoms with Crippen molar-refractivity contribution in [1.82, 2.24) is 9.80 Å². The second kappa shape index (κ2) is 3.27. The molecule has 0 unspecified atom stereocenters. The maximum Gasteiger partial charge on any atom is 0.228 e. The number of carbonyl (C=O) groups is 1. The van der Waals surface area contributed by atoms with Crippen molar-refractivity contribution in [3.05, 3.63) is 0 Å². The molecule has 0 radical (unpaired) electrons. The van der Waals surface area contributed by atoms with E-state index in [4.69, 9.17) is 5.11 Å². The standard InChI is InChI=1S/C9H16N2O2/c1-2-10-3-7(4-10)9(13)11-5-8(12)6-11/h7-8,12H,2-6H2,1H3. The Kier molecular flexibility index (Phi) is 2.26. The van der Waals surface area contributed by atoms with Crippen molar-refractivity contribution in [2.75, 3.05) is 32.7 Å². The third-order valence-electron chi connectivity index (χ3n) is 2.93. The van der Waals surface area contributed by atoms with Crippen LogP contribution >= 0.6 is 0 Å². The van der Waals surface area contributed by atoms with Gasteiger partial charge in [-0.25, -0.2) is 0 Å². The predicted octanol–water partition coefficient (Wildman–Crippen LogP) is -0.859. The van der Waals surface area contributed by atoms with Gasteiger partial charge in [0.15, 0.2) is 0 Å². The van der Waals surface area contributed by atoms with E-state index >= 15 is 0 Å². The number of rotatable bonds is 2. The topological polar surface area (TPSA) is 43.8 Å². The molecule has 0 atom stereocenters. The van der Waals surface area contributed by atoms with Crippen molar-refractivity contribution in [1.29, 1.82) is 0 Å². The van der Waals surface area contributed by atoms with Crippen molar-refractivity contribution in [2.45, 2.75) is 13.0 Å². The molecule has 0 bridgehead atoms. The first-order valence-corrected chi connectivity index (χ1v) is 4.90. The van der Waals surface area contributed by atoms with Crippen LogP contribution < -0.4 is 0 Å². The highest BCUT2D eigenvalue weighted by Gasteiger charge is 2.38. The van der Waals surface area contributed by atoms with Crippen LogP contribution in [0.3, 0.4) is 0 Å². The van der Waals surface area contributed by atoms with Crippen molar-refractivity contribution in [3.8, 4) is 0 Å². The summed E-state index contributed by atoms with van der Waals surface area (Å²) in [7, 11) is 0. The average Bonchev–Trinajstić information content (AvgIpc) is 1.96. The second-order valence-electron chi connectivity index (χ2n) is 3.95. The second-order valence-corrected chi connectivity index (χ2v) is 3.95. The average molecular weight is 184 g/mol. The van der Waals surface area contributed by atoms with Gasteiger partial charge in [0.25, 0.3) is 0 Å². The molecule has 0 aromatic carbocycles.